The Morgan fingerprint density at radius 1 is 1.38 bits per heavy atom. The van der Waals surface area contributed by atoms with E-state index in [1.807, 2.05) is 6.07 Å². The average Bonchev–Trinajstić information content (AvgIpc) is 2.85. The number of amides is 1. The van der Waals surface area contributed by atoms with Crippen LogP contribution in [0.2, 0.25) is 4.34 Å². The summed E-state index contributed by atoms with van der Waals surface area (Å²) in [5.41, 5.74) is 1.000. The SMILES string of the molecule is O=C1N=C(c2ccc(Cl)s2)N=C2CCCC12. The number of hydrogen-bond donors (Lipinski definition) is 0. The maximum atomic E-state index is 11.8. The third kappa shape index (κ3) is 1.62. The van der Waals surface area contributed by atoms with Gasteiger partial charge in [-0.1, -0.05) is 11.6 Å². The minimum absolute atomic E-state index is 0.0398. The molecule has 2 heterocycles. The summed E-state index contributed by atoms with van der Waals surface area (Å²) in [4.78, 5) is 21.2. The van der Waals surface area contributed by atoms with Crippen LogP contribution in [0.4, 0.5) is 0 Å². The number of aliphatic imine (C=N–C) groups is 2. The molecule has 5 heteroatoms. The number of hydrogen-bond acceptors (Lipinski definition) is 3. The van der Waals surface area contributed by atoms with Crippen molar-refractivity contribution in [1.82, 2.24) is 0 Å². The molecule has 0 bridgehead atoms. The molecular formula is C11H9ClN2OS. The molecule has 1 aliphatic carbocycles. The molecule has 0 N–H and O–H groups in total. The number of nitrogens with zero attached hydrogens (tertiary/aromatic N) is 2. The second kappa shape index (κ2) is 3.79. The summed E-state index contributed by atoms with van der Waals surface area (Å²) in [6.45, 7) is 0. The zero-order chi connectivity index (χ0) is 11.1. The van der Waals surface area contributed by atoms with Gasteiger partial charge in [0.1, 0.15) is 0 Å². The fourth-order valence-electron chi connectivity index (χ4n) is 2.12. The predicted molar refractivity (Wildman–Crippen MR) is 65.6 cm³/mol. The minimum Gasteiger partial charge on any atom is -0.272 e. The molecule has 0 spiro atoms. The number of thiophene rings is 1. The molecule has 82 valence electrons. The zero-order valence-corrected chi connectivity index (χ0v) is 10.0. The second-order valence-corrected chi connectivity index (χ2v) is 5.64. The van der Waals surface area contributed by atoms with Gasteiger partial charge in [-0.25, -0.2) is 4.99 Å². The van der Waals surface area contributed by atoms with Gasteiger partial charge >= 0.3 is 0 Å². The van der Waals surface area contributed by atoms with Gasteiger partial charge in [0.05, 0.1) is 15.1 Å². The molecule has 3 nitrogen and oxygen atoms in total. The van der Waals surface area contributed by atoms with Crippen molar-refractivity contribution in [1.29, 1.82) is 0 Å². The van der Waals surface area contributed by atoms with Gasteiger partial charge in [-0.05, 0) is 31.4 Å². The van der Waals surface area contributed by atoms with Gasteiger partial charge in [-0.3, -0.25) is 4.79 Å². The average molecular weight is 253 g/mol. The lowest BCUT2D eigenvalue weighted by atomic mass is 10.0. The fraction of sp³-hybridized carbons (Fsp3) is 0.364. The highest BCUT2D eigenvalue weighted by Gasteiger charge is 2.32. The highest BCUT2D eigenvalue weighted by atomic mass is 35.5. The van der Waals surface area contributed by atoms with Gasteiger partial charge in [-0.2, -0.15) is 4.99 Å². The molecule has 0 radical (unpaired) electrons. The molecule has 1 fully saturated rings. The van der Waals surface area contributed by atoms with Crippen LogP contribution in [0.1, 0.15) is 24.1 Å². The normalized spacial score (nSPS) is 24.1. The van der Waals surface area contributed by atoms with Crippen molar-refractivity contribution < 1.29 is 4.79 Å². The summed E-state index contributed by atoms with van der Waals surface area (Å²) in [5.74, 6) is 0.455. The topological polar surface area (TPSA) is 41.8 Å². The van der Waals surface area contributed by atoms with Crippen molar-refractivity contribution in [3.05, 3.63) is 21.3 Å². The van der Waals surface area contributed by atoms with Crippen molar-refractivity contribution in [3.8, 4) is 0 Å². The summed E-state index contributed by atoms with van der Waals surface area (Å²) in [7, 11) is 0. The summed E-state index contributed by atoms with van der Waals surface area (Å²) in [6.07, 6.45) is 2.87. The molecule has 1 saturated carbocycles. The van der Waals surface area contributed by atoms with Gasteiger partial charge in [0.25, 0.3) is 5.91 Å². The first kappa shape index (κ1) is 10.2. The Labute approximate surface area is 102 Å². The number of rotatable bonds is 1. The number of carbonyl (C=O) groups is 1. The Morgan fingerprint density at radius 2 is 2.25 bits per heavy atom. The van der Waals surface area contributed by atoms with Gasteiger partial charge in [-0.15, -0.1) is 11.3 Å². The van der Waals surface area contributed by atoms with E-state index in [0.29, 0.717) is 10.2 Å². The number of carbonyl (C=O) groups excluding carboxylic acids is 1. The van der Waals surface area contributed by atoms with Crippen LogP contribution in [0.3, 0.4) is 0 Å². The number of amidine groups is 1. The van der Waals surface area contributed by atoms with Crippen LogP contribution < -0.4 is 0 Å². The number of fused-ring (bicyclic) bond motifs is 1. The molecule has 1 aliphatic heterocycles. The van der Waals surface area contributed by atoms with E-state index in [-0.39, 0.29) is 11.8 Å². The maximum absolute atomic E-state index is 11.8. The standard InChI is InChI=1S/C11H9ClN2OS/c12-9-5-4-8(16-9)10-13-7-3-1-2-6(7)11(15)14-10/h4-6H,1-3H2. The Hall–Kier alpha value is -1.00. The molecule has 0 saturated heterocycles. The molecule has 2 aliphatic rings. The van der Waals surface area contributed by atoms with E-state index in [2.05, 4.69) is 9.98 Å². The fourth-order valence-corrected chi connectivity index (χ4v) is 3.09. The van der Waals surface area contributed by atoms with Crippen LogP contribution in [0, 0.1) is 5.92 Å². The lowest BCUT2D eigenvalue weighted by molar-refractivity contribution is -0.119. The maximum Gasteiger partial charge on any atom is 0.256 e. The number of halogens is 1. The van der Waals surface area contributed by atoms with Crippen LogP contribution in [-0.2, 0) is 4.79 Å². The van der Waals surface area contributed by atoms with Gasteiger partial charge in [0.2, 0.25) is 0 Å². The predicted octanol–water partition coefficient (Wildman–Crippen LogP) is 2.93. The molecule has 1 unspecified atom stereocenters. The van der Waals surface area contributed by atoms with Crippen molar-refractivity contribution in [2.75, 3.05) is 0 Å². The molecule has 16 heavy (non-hydrogen) atoms. The molecule has 1 amide bonds. The summed E-state index contributed by atoms with van der Waals surface area (Å²) in [5, 5.41) is 0. The second-order valence-electron chi connectivity index (χ2n) is 3.93. The largest absolute Gasteiger partial charge is 0.272 e. The molecular weight excluding hydrogens is 244 g/mol. The quantitative estimate of drug-likeness (QED) is 0.758. The van der Waals surface area contributed by atoms with Crippen molar-refractivity contribution in [3.63, 3.8) is 0 Å². The molecule has 1 aromatic heterocycles. The molecule has 0 aromatic carbocycles. The van der Waals surface area contributed by atoms with E-state index in [9.17, 15) is 4.79 Å². The molecule has 1 aromatic rings. The van der Waals surface area contributed by atoms with E-state index in [1.165, 1.54) is 11.3 Å². The van der Waals surface area contributed by atoms with Crippen molar-refractivity contribution in [2.24, 2.45) is 15.9 Å². The van der Waals surface area contributed by atoms with Crippen LogP contribution in [0.5, 0.6) is 0 Å². The first-order chi connectivity index (χ1) is 7.74. The highest BCUT2D eigenvalue weighted by Crippen LogP contribution is 2.30. The highest BCUT2D eigenvalue weighted by molar-refractivity contribution is 7.18. The van der Waals surface area contributed by atoms with Crippen LogP contribution in [0.15, 0.2) is 22.1 Å². The Morgan fingerprint density at radius 3 is 3.00 bits per heavy atom. The van der Waals surface area contributed by atoms with Gasteiger partial charge in [0.15, 0.2) is 5.84 Å². The first-order valence-corrected chi connectivity index (χ1v) is 6.39. The third-order valence-corrected chi connectivity index (χ3v) is 4.11. The van der Waals surface area contributed by atoms with Crippen molar-refractivity contribution >= 4 is 40.4 Å². The van der Waals surface area contributed by atoms with E-state index in [1.54, 1.807) is 6.07 Å². The van der Waals surface area contributed by atoms with E-state index < -0.39 is 0 Å². The van der Waals surface area contributed by atoms with Gasteiger partial charge in [0, 0.05) is 5.71 Å². The first-order valence-electron chi connectivity index (χ1n) is 5.20. The summed E-state index contributed by atoms with van der Waals surface area (Å²) >= 11 is 7.26. The van der Waals surface area contributed by atoms with E-state index >= 15 is 0 Å². The lowest BCUT2D eigenvalue weighted by Crippen LogP contribution is -2.24. The zero-order valence-electron chi connectivity index (χ0n) is 8.44. The van der Waals surface area contributed by atoms with Crippen LogP contribution >= 0.6 is 22.9 Å². The Bertz CT molecular complexity index is 518. The van der Waals surface area contributed by atoms with Gasteiger partial charge < -0.3 is 0 Å². The monoisotopic (exact) mass is 252 g/mol. The third-order valence-electron chi connectivity index (χ3n) is 2.89. The van der Waals surface area contributed by atoms with Crippen LogP contribution in [-0.4, -0.2) is 17.5 Å². The molecule has 1 atom stereocenters. The Kier molecular flexibility index (Phi) is 2.41. The smallest absolute Gasteiger partial charge is 0.256 e. The minimum atomic E-state index is -0.0424. The molecule has 3 rings (SSSR count). The van der Waals surface area contributed by atoms with Crippen molar-refractivity contribution in [2.45, 2.75) is 19.3 Å². The lowest BCUT2D eigenvalue weighted by Gasteiger charge is -2.12. The van der Waals surface area contributed by atoms with E-state index in [0.717, 1.165) is 29.9 Å². The van der Waals surface area contributed by atoms with E-state index in [4.69, 9.17) is 11.6 Å². The summed E-state index contributed by atoms with van der Waals surface area (Å²) < 4.78 is 0.693. The Balaban J connectivity index is 2.00. The summed E-state index contributed by atoms with van der Waals surface area (Å²) in [6, 6.07) is 3.66. The van der Waals surface area contributed by atoms with Crippen LogP contribution in [0.25, 0.3) is 0 Å².